The Labute approximate surface area is 108 Å². The molecule has 1 aliphatic heterocycles. The van der Waals surface area contributed by atoms with Gasteiger partial charge in [-0.25, -0.2) is 4.79 Å². The summed E-state index contributed by atoms with van der Waals surface area (Å²) < 4.78 is 0. The second kappa shape index (κ2) is 7.92. The minimum atomic E-state index is -0.903. The summed E-state index contributed by atoms with van der Waals surface area (Å²) in [5, 5.41) is 13.8. The molecule has 1 unspecified atom stereocenters. The standard InChI is InChI=1S/C12H23N3O3/c1-2-15-8-4-3-5-10(15)9-14-12(18)13-7-6-11(16)17/h10H,2-9H2,1H3,(H,16,17)(H2,13,14,18). The number of nitrogens with one attached hydrogen (secondary N) is 2. The van der Waals surface area contributed by atoms with Crippen LogP contribution in [0.4, 0.5) is 4.79 Å². The predicted molar refractivity (Wildman–Crippen MR) is 68.5 cm³/mol. The molecule has 1 aliphatic rings. The van der Waals surface area contributed by atoms with Crippen molar-refractivity contribution in [2.75, 3.05) is 26.2 Å². The number of carboxylic acid groups (broad SMARTS) is 1. The Morgan fingerprint density at radius 1 is 1.33 bits per heavy atom. The van der Waals surface area contributed by atoms with Crippen molar-refractivity contribution >= 4 is 12.0 Å². The molecule has 0 bridgehead atoms. The maximum atomic E-state index is 11.4. The van der Waals surface area contributed by atoms with Gasteiger partial charge >= 0.3 is 12.0 Å². The Morgan fingerprint density at radius 2 is 2.11 bits per heavy atom. The SMILES string of the molecule is CCN1CCCCC1CNC(=O)NCCC(=O)O. The highest BCUT2D eigenvalue weighted by Crippen LogP contribution is 2.15. The van der Waals surface area contributed by atoms with Gasteiger partial charge in [0, 0.05) is 19.1 Å². The fraction of sp³-hybridized carbons (Fsp3) is 0.833. The molecule has 0 saturated carbocycles. The van der Waals surface area contributed by atoms with Crippen molar-refractivity contribution < 1.29 is 14.7 Å². The Hall–Kier alpha value is -1.30. The van der Waals surface area contributed by atoms with Gasteiger partial charge in [-0.1, -0.05) is 13.3 Å². The van der Waals surface area contributed by atoms with E-state index in [-0.39, 0.29) is 19.0 Å². The van der Waals surface area contributed by atoms with Gasteiger partial charge in [0.25, 0.3) is 0 Å². The second-order valence-electron chi connectivity index (χ2n) is 4.56. The number of likely N-dealkylation sites (N-methyl/N-ethyl adjacent to an activating group) is 1. The molecule has 1 atom stereocenters. The number of carbonyl (C=O) groups excluding carboxylic acids is 1. The number of hydrogen-bond donors (Lipinski definition) is 3. The van der Waals surface area contributed by atoms with Gasteiger partial charge in [-0.2, -0.15) is 0 Å². The number of carbonyl (C=O) groups is 2. The molecule has 0 aromatic carbocycles. The lowest BCUT2D eigenvalue weighted by Gasteiger charge is -2.34. The maximum Gasteiger partial charge on any atom is 0.314 e. The van der Waals surface area contributed by atoms with Crippen molar-refractivity contribution in [2.45, 2.75) is 38.6 Å². The van der Waals surface area contributed by atoms with E-state index in [0.29, 0.717) is 12.6 Å². The molecule has 2 amide bonds. The minimum Gasteiger partial charge on any atom is -0.481 e. The largest absolute Gasteiger partial charge is 0.481 e. The molecule has 1 fully saturated rings. The van der Waals surface area contributed by atoms with E-state index in [1.807, 2.05) is 0 Å². The lowest BCUT2D eigenvalue weighted by molar-refractivity contribution is -0.136. The molecular formula is C12H23N3O3. The molecule has 0 aromatic rings. The average molecular weight is 257 g/mol. The number of nitrogens with zero attached hydrogens (tertiary/aromatic N) is 1. The fourth-order valence-corrected chi connectivity index (χ4v) is 2.26. The summed E-state index contributed by atoms with van der Waals surface area (Å²) >= 11 is 0. The first kappa shape index (κ1) is 14.8. The van der Waals surface area contributed by atoms with E-state index in [9.17, 15) is 9.59 Å². The van der Waals surface area contributed by atoms with Crippen LogP contribution < -0.4 is 10.6 Å². The van der Waals surface area contributed by atoms with Crippen LogP contribution in [0, 0.1) is 0 Å². The van der Waals surface area contributed by atoms with Gasteiger partial charge in [0.15, 0.2) is 0 Å². The van der Waals surface area contributed by atoms with E-state index in [4.69, 9.17) is 5.11 Å². The molecule has 18 heavy (non-hydrogen) atoms. The normalized spacial score (nSPS) is 20.4. The smallest absolute Gasteiger partial charge is 0.314 e. The van der Waals surface area contributed by atoms with E-state index >= 15 is 0 Å². The zero-order valence-corrected chi connectivity index (χ0v) is 10.9. The third kappa shape index (κ3) is 5.35. The third-order valence-corrected chi connectivity index (χ3v) is 3.28. The van der Waals surface area contributed by atoms with Gasteiger partial charge in [-0.05, 0) is 25.9 Å². The summed E-state index contributed by atoms with van der Waals surface area (Å²) in [4.78, 5) is 24.1. The van der Waals surface area contributed by atoms with Gasteiger partial charge in [-0.15, -0.1) is 0 Å². The lowest BCUT2D eigenvalue weighted by Crippen LogP contribution is -2.48. The molecule has 1 heterocycles. The summed E-state index contributed by atoms with van der Waals surface area (Å²) in [6.07, 6.45) is 3.51. The molecule has 104 valence electrons. The first-order valence-electron chi connectivity index (χ1n) is 6.61. The van der Waals surface area contributed by atoms with Crippen LogP contribution in [0.5, 0.6) is 0 Å². The molecule has 0 aromatic heterocycles. The van der Waals surface area contributed by atoms with Crippen LogP contribution >= 0.6 is 0 Å². The highest BCUT2D eigenvalue weighted by atomic mass is 16.4. The highest BCUT2D eigenvalue weighted by Gasteiger charge is 2.20. The summed E-state index contributed by atoms with van der Waals surface area (Å²) in [6, 6.07) is 0.131. The van der Waals surface area contributed by atoms with E-state index in [1.165, 1.54) is 12.8 Å². The Morgan fingerprint density at radius 3 is 2.78 bits per heavy atom. The van der Waals surface area contributed by atoms with Crippen LogP contribution in [0.1, 0.15) is 32.6 Å². The molecule has 1 saturated heterocycles. The zero-order valence-electron chi connectivity index (χ0n) is 10.9. The van der Waals surface area contributed by atoms with Crippen LogP contribution in [0.3, 0.4) is 0 Å². The molecule has 3 N–H and O–H groups in total. The Kier molecular flexibility index (Phi) is 6.49. The fourth-order valence-electron chi connectivity index (χ4n) is 2.26. The molecular weight excluding hydrogens is 234 g/mol. The average Bonchev–Trinajstić information content (AvgIpc) is 2.36. The van der Waals surface area contributed by atoms with Gasteiger partial charge in [0.2, 0.25) is 0 Å². The monoisotopic (exact) mass is 257 g/mol. The Bertz CT molecular complexity index is 284. The van der Waals surface area contributed by atoms with Gasteiger partial charge in [0.05, 0.1) is 6.42 Å². The Balaban J connectivity index is 2.18. The number of urea groups is 1. The van der Waals surface area contributed by atoms with Crippen LogP contribution in [-0.4, -0.2) is 54.2 Å². The highest BCUT2D eigenvalue weighted by molar-refractivity contribution is 5.74. The summed E-state index contributed by atoms with van der Waals surface area (Å²) in [5.74, 6) is -0.903. The number of likely N-dealkylation sites (tertiary alicyclic amines) is 1. The first-order valence-corrected chi connectivity index (χ1v) is 6.61. The minimum absolute atomic E-state index is 0.0437. The number of piperidine rings is 1. The number of hydrogen-bond acceptors (Lipinski definition) is 3. The van der Waals surface area contributed by atoms with E-state index in [1.54, 1.807) is 0 Å². The topological polar surface area (TPSA) is 81.7 Å². The maximum absolute atomic E-state index is 11.4. The van der Waals surface area contributed by atoms with E-state index in [2.05, 4.69) is 22.5 Å². The zero-order chi connectivity index (χ0) is 13.4. The van der Waals surface area contributed by atoms with Gasteiger partial charge in [-0.3, -0.25) is 9.69 Å². The van der Waals surface area contributed by atoms with Crippen molar-refractivity contribution in [1.82, 2.24) is 15.5 Å². The lowest BCUT2D eigenvalue weighted by atomic mass is 10.0. The second-order valence-corrected chi connectivity index (χ2v) is 4.56. The number of amides is 2. The van der Waals surface area contributed by atoms with Crippen molar-refractivity contribution in [2.24, 2.45) is 0 Å². The number of aliphatic carboxylic acids is 1. The van der Waals surface area contributed by atoms with Crippen molar-refractivity contribution in [3.8, 4) is 0 Å². The van der Waals surface area contributed by atoms with Crippen molar-refractivity contribution in [1.29, 1.82) is 0 Å². The van der Waals surface area contributed by atoms with E-state index < -0.39 is 5.97 Å². The number of rotatable bonds is 6. The quantitative estimate of drug-likeness (QED) is 0.652. The molecule has 0 spiro atoms. The first-order chi connectivity index (χ1) is 8.63. The summed E-state index contributed by atoms with van der Waals surface area (Å²) in [5.41, 5.74) is 0. The molecule has 0 aliphatic carbocycles. The molecule has 0 radical (unpaired) electrons. The predicted octanol–water partition coefficient (Wildman–Crippen LogP) is 0.635. The molecule has 6 nitrogen and oxygen atoms in total. The van der Waals surface area contributed by atoms with Crippen molar-refractivity contribution in [3.63, 3.8) is 0 Å². The number of carboxylic acids is 1. The van der Waals surface area contributed by atoms with E-state index in [0.717, 1.165) is 19.5 Å². The van der Waals surface area contributed by atoms with Gasteiger partial charge < -0.3 is 15.7 Å². The van der Waals surface area contributed by atoms with Crippen LogP contribution in [0.25, 0.3) is 0 Å². The summed E-state index contributed by atoms with van der Waals surface area (Å²) in [6.45, 7) is 5.04. The molecule has 1 rings (SSSR count). The van der Waals surface area contributed by atoms with Gasteiger partial charge in [0.1, 0.15) is 0 Å². The van der Waals surface area contributed by atoms with Crippen LogP contribution in [0.15, 0.2) is 0 Å². The summed E-state index contributed by atoms with van der Waals surface area (Å²) in [7, 11) is 0. The third-order valence-electron chi connectivity index (χ3n) is 3.28. The molecule has 6 heteroatoms. The van der Waals surface area contributed by atoms with Crippen LogP contribution in [-0.2, 0) is 4.79 Å². The van der Waals surface area contributed by atoms with Crippen LogP contribution in [0.2, 0.25) is 0 Å². The van der Waals surface area contributed by atoms with Crippen molar-refractivity contribution in [3.05, 3.63) is 0 Å².